The molecule has 0 amide bonds. The standard InChI is InChI=1S/C11H10ClNO3S/c1-17-16-10-8(14)9(15-11(10)13)6-2-4-7(12)5-3-6/h2-5,9H,13H2,1H3. The van der Waals surface area contributed by atoms with Crippen LogP contribution in [0.3, 0.4) is 0 Å². The van der Waals surface area contributed by atoms with E-state index in [2.05, 4.69) is 0 Å². The lowest BCUT2D eigenvalue weighted by Gasteiger charge is -2.09. The molecule has 1 aromatic rings. The van der Waals surface area contributed by atoms with Crippen LogP contribution < -0.4 is 5.73 Å². The van der Waals surface area contributed by atoms with Gasteiger partial charge < -0.3 is 14.7 Å². The fourth-order valence-electron chi connectivity index (χ4n) is 1.50. The second-order valence-corrected chi connectivity index (χ2v) is 4.29. The summed E-state index contributed by atoms with van der Waals surface area (Å²) in [6.07, 6.45) is 0.956. The van der Waals surface area contributed by atoms with Crippen LogP contribution >= 0.6 is 23.6 Å². The smallest absolute Gasteiger partial charge is 0.249 e. The fourth-order valence-corrected chi connectivity index (χ4v) is 1.95. The maximum Gasteiger partial charge on any atom is 0.249 e. The van der Waals surface area contributed by atoms with E-state index in [-0.39, 0.29) is 17.4 Å². The van der Waals surface area contributed by atoms with Crippen LogP contribution in [0.25, 0.3) is 0 Å². The summed E-state index contributed by atoms with van der Waals surface area (Å²) in [7, 11) is 0. The molecule has 0 saturated carbocycles. The van der Waals surface area contributed by atoms with Gasteiger partial charge in [-0.2, -0.15) is 0 Å². The first-order valence-electron chi connectivity index (χ1n) is 4.80. The van der Waals surface area contributed by atoms with Crippen molar-refractivity contribution in [3.63, 3.8) is 0 Å². The molecule has 2 N–H and O–H groups in total. The number of halogens is 1. The topological polar surface area (TPSA) is 61.6 Å². The lowest BCUT2D eigenvalue weighted by Crippen LogP contribution is -2.10. The molecule has 2 rings (SSSR count). The third-order valence-electron chi connectivity index (χ3n) is 2.27. The van der Waals surface area contributed by atoms with Crippen molar-refractivity contribution in [2.75, 3.05) is 6.26 Å². The zero-order chi connectivity index (χ0) is 12.4. The van der Waals surface area contributed by atoms with E-state index in [1.165, 1.54) is 0 Å². The maximum absolute atomic E-state index is 12.0. The van der Waals surface area contributed by atoms with Crippen molar-refractivity contribution < 1.29 is 13.7 Å². The van der Waals surface area contributed by atoms with Crippen molar-refractivity contribution in [2.45, 2.75) is 6.10 Å². The predicted octanol–water partition coefficient (Wildman–Crippen LogP) is 2.40. The lowest BCUT2D eigenvalue weighted by molar-refractivity contribution is -0.122. The summed E-state index contributed by atoms with van der Waals surface area (Å²) in [6, 6.07) is 6.83. The van der Waals surface area contributed by atoms with Gasteiger partial charge in [-0.05, 0) is 12.1 Å². The van der Waals surface area contributed by atoms with E-state index < -0.39 is 6.10 Å². The number of hydrogen-bond donors (Lipinski definition) is 1. The molecule has 0 radical (unpaired) electrons. The molecule has 0 saturated heterocycles. The number of hydrogen-bond acceptors (Lipinski definition) is 5. The van der Waals surface area contributed by atoms with Crippen LogP contribution in [-0.4, -0.2) is 12.0 Å². The van der Waals surface area contributed by atoms with Gasteiger partial charge in [0.1, 0.15) is 0 Å². The summed E-state index contributed by atoms with van der Waals surface area (Å²) in [5, 5.41) is 0.598. The molecule has 17 heavy (non-hydrogen) atoms. The predicted molar refractivity (Wildman–Crippen MR) is 66.1 cm³/mol. The minimum atomic E-state index is -0.741. The summed E-state index contributed by atoms with van der Waals surface area (Å²) in [5.74, 6) is -0.194. The van der Waals surface area contributed by atoms with Gasteiger partial charge in [-0.25, -0.2) is 0 Å². The highest BCUT2D eigenvalue weighted by Crippen LogP contribution is 2.33. The van der Waals surface area contributed by atoms with Crippen molar-refractivity contribution in [1.29, 1.82) is 0 Å². The van der Waals surface area contributed by atoms with E-state index in [0.29, 0.717) is 10.6 Å². The number of rotatable bonds is 3. The van der Waals surface area contributed by atoms with Gasteiger partial charge in [-0.15, -0.1) is 0 Å². The Hall–Kier alpha value is -1.33. The van der Waals surface area contributed by atoms with Gasteiger partial charge in [0.15, 0.2) is 6.10 Å². The number of carbonyl (C=O) groups is 1. The Kier molecular flexibility index (Phi) is 3.49. The van der Waals surface area contributed by atoms with Crippen LogP contribution in [0, 0.1) is 0 Å². The van der Waals surface area contributed by atoms with Crippen LogP contribution in [0.2, 0.25) is 5.02 Å². The van der Waals surface area contributed by atoms with Crippen molar-refractivity contribution in [1.82, 2.24) is 0 Å². The quantitative estimate of drug-likeness (QED) is 0.856. The van der Waals surface area contributed by atoms with Crippen LogP contribution in [-0.2, 0) is 13.7 Å². The molecule has 1 atom stereocenters. The van der Waals surface area contributed by atoms with E-state index in [1.807, 2.05) is 0 Å². The first-order chi connectivity index (χ1) is 8.13. The number of benzene rings is 1. The minimum absolute atomic E-state index is 0.0179. The third-order valence-corrected chi connectivity index (χ3v) is 2.86. The molecule has 90 valence electrons. The van der Waals surface area contributed by atoms with E-state index in [1.54, 1.807) is 30.5 Å². The Bertz CT molecular complexity index is 472. The Morgan fingerprint density at radius 3 is 2.65 bits per heavy atom. The highest BCUT2D eigenvalue weighted by atomic mass is 35.5. The van der Waals surface area contributed by atoms with Gasteiger partial charge in [-0.3, -0.25) is 4.79 Å². The van der Waals surface area contributed by atoms with Crippen LogP contribution in [0.15, 0.2) is 35.9 Å². The van der Waals surface area contributed by atoms with Gasteiger partial charge in [0.05, 0.1) is 12.0 Å². The second kappa shape index (κ2) is 4.89. The molecule has 1 aliphatic rings. The summed E-state index contributed by atoms with van der Waals surface area (Å²) < 4.78 is 10.4. The van der Waals surface area contributed by atoms with Gasteiger partial charge in [0.25, 0.3) is 0 Å². The summed E-state index contributed by atoms with van der Waals surface area (Å²) in [6.45, 7) is 0. The summed E-state index contributed by atoms with van der Waals surface area (Å²) in [4.78, 5) is 12.0. The largest absolute Gasteiger partial charge is 0.460 e. The minimum Gasteiger partial charge on any atom is -0.460 e. The van der Waals surface area contributed by atoms with E-state index in [0.717, 1.165) is 12.0 Å². The normalized spacial score (nSPS) is 19.4. The molecule has 1 aromatic carbocycles. The zero-order valence-electron chi connectivity index (χ0n) is 8.98. The number of Topliss-reactive ketones (excluding diaryl/α,β-unsaturated/α-hetero) is 1. The molecule has 0 fully saturated rings. The molecular weight excluding hydrogens is 262 g/mol. The maximum atomic E-state index is 12.0. The van der Waals surface area contributed by atoms with Gasteiger partial charge in [0.2, 0.25) is 17.4 Å². The third kappa shape index (κ3) is 2.35. The molecule has 1 unspecified atom stereocenters. The summed E-state index contributed by atoms with van der Waals surface area (Å²) in [5.41, 5.74) is 6.28. The van der Waals surface area contributed by atoms with E-state index in [9.17, 15) is 4.79 Å². The van der Waals surface area contributed by atoms with Gasteiger partial charge in [-0.1, -0.05) is 23.7 Å². The number of carbonyl (C=O) groups excluding carboxylic acids is 1. The molecule has 0 aromatic heterocycles. The number of ether oxygens (including phenoxy) is 1. The van der Waals surface area contributed by atoms with Crippen LogP contribution in [0.1, 0.15) is 11.7 Å². The Labute approximate surface area is 108 Å². The number of ketones is 1. The molecule has 0 aliphatic carbocycles. The number of nitrogens with two attached hydrogens (primary N) is 1. The monoisotopic (exact) mass is 271 g/mol. The molecule has 1 heterocycles. The van der Waals surface area contributed by atoms with Crippen LogP contribution in [0.5, 0.6) is 0 Å². The zero-order valence-corrected chi connectivity index (χ0v) is 10.5. The molecule has 0 spiro atoms. The molecule has 0 bridgehead atoms. The Morgan fingerprint density at radius 2 is 2.06 bits per heavy atom. The van der Waals surface area contributed by atoms with Gasteiger partial charge in [0, 0.05) is 16.8 Å². The SMILES string of the molecule is CSOC1=C(N)OC(c2ccc(Cl)cc2)C1=O. The van der Waals surface area contributed by atoms with Crippen molar-refractivity contribution in [3.8, 4) is 0 Å². The van der Waals surface area contributed by atoms with E-state index >= 15 is 0 Å². The lowest BCUT2D eigenvalue weighted by atomic mass is 10.1. The van der Waals surface area contributed by atoms with Gasteiger partial charge >= 0.3 is 0 Å². The Morgan fingerprint density at radius 1 is 1.41 bits per heavy atom. The first kappa shape index (κ1) is 12.1. The average Bonchev–Trinajstić information content (AvgIpc) is 2.59. The average molecular weight is 272 g/mol. The molecule has 4 nitrogen and oxygen atoms in total. The highest BCUT2D eigenvalue weighted by Gasteiger charge is 2.37. The second-order valence-electron chi connectivity index (χ2n) is 3.36. The van der Waals surface area contributed by atoms with Crippen molar-refractivity contribution in [2.24, 2.45) is 5.73 Å². The molecular formula is C11H10ClNO3S. The Balaban J connectivity index is 2.22. The van der Waals surface area contributed by atoms with Crippen LogP contribution in [0.4, 0.5) is 0 Å². The van der Waals surface area contributed by atoms with Crippen molar-refractivity contribution >= 4 is 29.4 Å². The molecule has 1 aliphatic heterocycles. The van der Waals surface area contributed by atoms with Crippen molar-refractivity contribution in [3.05, 3.63) is 46.5 Å². The first-order valence-corrected chi connectivity index (χ1v) is 6.33. The fraction of sp³-hybridized carbons (Fsp3) is 0.182. The highest BCUT2D eigenvalue weighted by molar-refractivity contribution is 7.94. The summed E-state index contributed by atoms with van der Waals surface area (Å²) >= 11 is 6.82. The van der Waals surface area contributed by atoms with E-state index in [4.69, 9.17) is 26.3 Å². The molecule has 6 heteroatoms.